The van der Waals surface area contributed by atoms with E-state index in [0.717, 1.165) is 39.3 Å². The van der Waals surface area contributed by atoms with E-state index in [9.17, 15) is 4.39 Å². The first kappa shape index (κ1) is 11.9. The topological polar surface area (TPSA) is 24.5 Å². The highest BCUT2D eigenvalue weighted by Gasteiger charge is 2.18. The van der Waals surface area contributed by atoms with E-state index in [0.29, 0.717) is 6.42 Å². The largest absolute Gasteiger partial charge is 0.374 e. The van der Waals surface area contributed by atoms with Crippen molar-refractivity contribution in [2.45, 2.75) is 19.4 Å². The van der Waals surface area contributed by atoms with Crippen LogP contribution in [0, 0.1) is 0 Å². The van der Waals surface area contributed by atoms with Crippen LogP contribution in [-0.4, -0.2) is 57.0 Å². The van der Waals surface area contributed by atoms with Crippen molar-refractivity contribution in [2.24, 2.45) is 0 Å². The smallest absolute Gasteiger partial charge is 0.0906 e. The number of nitrogens with zero attached hydrogens (tertiary/aromatic N) is 1. The average molecular weight is 204 g/mol. The Kier molecular flexibility index (Phi) is 6.07. The van der Waals surface area contributed by atoms with Crippen LogP contribution in [0.2, 0.25) is 0 Å². The van der Waals surface area contributed by atoms with Crippen LogP contribution in [0.1, 0.15) is 13.3 Å². The second-order valence-electron chi connectivity index (χ2n) is 3.63. The number of nitrogens with one attached hydrogen (secondary N) is 1. The van der Waals surface area contributed by atoms with Gasteiger partial charge in [0, 0.05) is 19.6 Å². The normalized spacial score (nSPS) is 24.0. The summed E-state index contributed by atoms with van der Waals surface area (Å²) in [5.41, 5.74) is 0. The maximum Gasteiger partial charge on any atom is 0.0906 e. The zero-order valence-corrected chi connectivity index (χ0v) is 8.97. The van der Waals surface area contributed by atoms with Crippen LogP contribution in [0.4, 0.5) is 4.39 Å². The first-order valence-electron chi connectivity index (χ1n) is 5.47. The first-order valence-corrected chi connectivity index (χ1v) is 5.47. The summed E-state index contributed by atoms with van der Waals surface area (Å²) in [5, 5.41) is 3.21. The summed E-state index contributed by atoms with van der Waals surface area (Å²) in [4.78, 5) is 2.38. The Morgan fingerprint density at radius 2 is 2.43 bits per heavy atom. The third-order valence-electron chi connectivity index (χ3n) is 2.53. The molecular formula is C10H21FN2O. The molecule has 3 nitrogen and oxygen atoms in total. The lowest BCUT2D eigenvalue weighted by molar-refractivity contribution is -0.0252. The Balaban J connectivity index is 2.05. The molecule has 1 N–H and O–H groups in total. The molecule has 0 aromatic carbocycles. The van der Waals surface area contributed by atoms with E-state index in [1.54, 1.807) is 0 Å². The molecule has 84 valence electrons. The fourth-order valence-electron chi connectivity index (χ4n) is 1.65. The maximum atomic E-state index is 11.8. The zero-order valence-electron chi connectivity index (χ0n) is 8.97. The molecule has 1 fully saturated rings. The van der Waals surface area contributed by atoms with Gasteiger partial charge in [-0.1, -0.05) is 6.92 Å². The molecule has 0 saturated carbocycles. The molecule has 0 aromatic rings. The Bertz CT molecular complexity index is 146. The van der Waals surface area contributed by atoms with E-state index >= 15 is 0 Å². The summed E-state index contributed by atoms with van der Waals surface area (Å²) < 4.78 is 17.4. The molecule has 1 aliphatic rings. The van der Waals surface area contributed by atoms with Gasteiger partial charge in [-0.3, -0.25) is 9.29 Å². The highest BCUT2D eigenvalue weighted by molar-refractivity contribution is 4.72. The van der Waals surface area contributed by atoms with Gasteiger partial charge in [-0.2, -0.15) is 0 Å². The molecule has 1 unspecified atom stereocenters. The molecule has 1 aliphatic heterocycles. The highest BCUT2D eigenvalue weighted by Crippen LogP contribution is 2.03. The van der Waals surface area contributed by atoms with Crippen molar-refractivity contribution in [1.82, 2.24) is 10.2 Å². The molecule has 4 heteroatoms. The second-order valence-corrected chi connectivity index (χ2v) is 3.63. The predicted octanol–water partition coefficient (Wildman–Crippen LogP) is 0.656. The minimum absolute atomic E-state index is 0.236. The lowest BCUT2D eigenvalue weighted by Gasteiger charge is -2.32. The molecule has 0 aliphatic carbocycles. The van der Waals surface area contributed by atoms with Crippen LogP contribution < -0.4 is 5.32 Å². The number of hydrogen-bond acceptors (Lipinski definition) is 3. The van der Waals surface area contributed by atoms with Gasteiger partial charge < -0.3 is 10.1 Å². The van der Waals surface area contributed by atoms with Gasteiger partial charge in [0.05, 0.1) is 19.4 Å². The van der Waals surface area contributed by atoms with Crippen LogP contribution in [-0.2, 0) is 4.74 Å². The van der Waals surface area contributed by atoms with E-state index in [4.69, 9.17) is 4.74 Å². The lowest BCUT2D eigenvalue weighted by atomic mass is 10.2. The molecule has 0 spiro atoms. The fourth-order valence-corrected chi connectivity index (χ4v) is 1.65. The van der Waals surface area contributed by atoms with Gasteiger partial charge in [-0.25, -0.2) is 0 Å². The summed E-state index contributed by atoms with van der Waals surface area (Å²) >= 11 is 0. The molecule has 0 radical (unpaired) electrons. The van der Waals surface area contributed by atoms with Gasteiger partial charge in [0.2, 0.25) is 0 Å². The number of ether oxygens (including phenoxy) is 1. The Morgan fingerprint density at radius 1 is 1.57 bits per heavy atom. The molecule has 1 heterocycles. The summed E-state index contributed by atoms with van der Waals surface area (Å²) in [6, 6.07) is 0. The average Bonchev–Trinajstić information content (AvgIpc) is 2.25. The summed E-state index contributed by atoms with van der Waals surface area (Å²) in [6.07, 6.45) is 0.882. The monoisotopic (exact) mass is 204 g/mol. The predicted molar refractivity (Wildman–Crippen MR) is 55.3 cm³/mol. The SMILES string of the molecule is CCN1CCOC(CNCCCF)C1. The van der Waals surface area contributed by atoms with Gasteiger partial charge >= 0.3 is 0 Å². The van der Waals surface area contributed by atoms with Crippen LogP contribution in [0.5, 0.6) is 0 Å². The zero-order chi connectivity index (χ0) is 10.2. The molecule has 0 aromatic heterocycles. The Morgan fingerprint density at radius 3 is 3.14 bits per heavy atom. The number of halogens is 1. The Hall–Kier alpha value is -0.190. The lowest BCUT2D eigenvalue weighted by Crippen LogP contribution is -2.46. The van der Waals surface area contributed by atoms with E-state index in [1.165, 1.54) is 0 Å². The van der Waals surface area contributed by atoms with E-state index in [2.05, 4.69) is 17.1 Å². The van der Waals surface area contributed by atoms with Crippen molar-refractivity contribution < 1.29 is 9.13 Å². The standard InChI is InChI=1S/C10H21FN2O/c1-2-13-6-7-14-10(9-13)8-12-5-3-4-11/h10,12H,2-9H2,1H3. The molecule has 14 heavy (non-hydrogen) atoms. The van der Waals surface area contributed by atoms with Crippen molar-refractivity contribution in [2.75, 3.05) is 46.0 Å². The van der Waals surface area contributed by atoms with Crippen molar-refractivity contribution in [3.05, 3.63) is 0 Å². The Labute approximate surface area is 85.6 Å². The summed E-state index contributed by atoms with van der Waals surface area (Å²) in [7, 11) is 0. The van der Waals surface area contributed by atoms with Gasteiger partial charge in [-0.15, -0.1) is 0 Å². The summed E-state index contributed by atoms with van der Waals surface area (Å²) in [5.74, 6) is 0. The summed E-state index contributed by atoms with van der Waals surface area (Å²) in [6.45, 7) is 7.47. The van der Waals surface area contributed by atoms with Gasteiger partial charge in [0.25, 0.3) is 0 Å². The van der Waals surface area contributed by atoms with Crippen LogP contribution in [0.15, 0.2) is 0 Å². The number of hydrogen-bond donors (Lipinski definition) is 1. The molecule has 1 saturated heterocycles. The highest BCUT2D eigenvalue weighted by atomic mass is 19.1. The van der Waals surface area contributed by atoms with Crippen LogP contribution >= 0.6 is 0 Å². The molecule has 1 atom stereocenters. The van der Waals surface area contributed by atoms with Gasteiger partial charge in [-0.05, 0) is 19.5 Å². The van der Waals surface area contributed by atoms with E-state index < -0.39 is 0 Å². The van der Waals surface area contributed by atoms with Crippen LogP contribution in [0.3, 0.4) is 0 Å². The van der Waals surface area contributed by atoms with Crippen molar-refractivity contribution in [1.29, 1.82) is 0 Å². The number of alkyl halides is 1. The van der Waals surface area contributed by atoms with Gasteiger partial charge in [0.15, 0.2) is 0 Å². The number of rotatable bonds is 6. The first-order chi connectivity index (χ1) is 6.86. The molecule has 0 amide bonds. The molecule has 1 rings (SSSR count). The quantitative estimate of drug-likeness (QED) is 0.643. The molecule has 0 bridgehead atoms. The maximum absolute atomic E-state index is 11.8. The second kappa shape index (κ2) is 7.15. The van der Waals surface area contributed by atoms with Gasteiger partial charge in [0.1, 0.15) is 0 Å². The third kappa shape index (κ3) is 4.35. The minimum atomic E-state index is -0.236. The fraction of sp³-hybridized carbons (Fsp3) is 1.00. The number of morpholine rings is 1. The van der Waals surface area contributed by atoms with E-state index in [-0.39, 0.29) is 12.8 Å². The minimum Gasteiger partial charge on any atom is -0.374 e. The van der Waals surface area contributed by atoms with Crippen molar-refractivity contribution in [3.8, 4) is 0 Å². The number of likely N-dealkylation sites (N-methyl/N-ethyl adjacent to an activating group) is 1. The van der Waals surface area contributed by atoms with Crippen molar-refractivity contribution >= 4 is 0 Å². The van der Waals surface area contributed by atoms with Crippen LogP contribution in [0.25, 0.3) is 0 Å². The van der Waals surface area contributed by atoms with Crippen molar-refractivity contribution in [3.63, 3.8) is 0 Å². The molecular weight excluding hydrogens is 183 g/mol. The van der Waals surface area contributed by atoms with E-state index in [1.807, 2.05) is 0 Å². The third-order valence-corrected chi connectivity index (χ3v) is 2.53.